The summed E-state index contributed by atoms with van der Waals surface area (Å²) in [6, 6.07) is 0. The summed E-state index contributed by atoms with van der Waals surface area (Å²) in [5, 5.41) is 31.3. The molecule has 0 aromatic heterocycles. The number of unbranched alkanes of at least 4 members (excludes halogenated alkanes) is 4. The number of hydrogen-bond donors (Lipinski definition) is 3. The number of hydrogen-bond acceptors (Lipinski definition) is 4. The Labute approximate surface area is 238 Å². The number of ketones is 1. The van der Waals surface area contributed by atoms with Crippen molar-refractivity contribution < 1.29 is 20.1 Å². The van der Waals surface area contributed by atoms with Crippen LogP contribution in [0, 0.1) is 28.1 Å². The van der Waals surface area contributed by atoms with Crippen LogP contribution in [0.4, 0.5) is 0 Å². The first-order valence-electron chi connectivity index (χ1n) is 16.2. The zero-order chi connectivity index (χ0) is 28.3. The molecule has 0 spiro atoms. The van der Waals surface area contributed by atoms with Gasteiger partial charge in [0, 0.05) is 6.42 Å². The van der Waals surface area contributed by atoms with E-state index < -0.39 is 23.7 Å². The standard InChI is InChI=1S/C35H56O4/c1-5-6-7-8-9-12-31(38)35(20-21-35)32(39)17-19-33(2,3)30-16-15-29-26(11-10-18-34(29,30)4)14-13-25-22-27(36)24-28(37)23-25/h13-14,17,19,27-30,32,36-37,39H,5-12,15-16,18,20-24H2,1-4H3/t27-,28-,29+,30-,32-,34+/m1/s1. The van der Waals surface area contributed by atoms with Gasteiger partial charge >= 0.3 is 0 Å². The van der Waals surface area contributed by atoms with Crippen molar-refractivity contribution in [2.75, 3.05) is 0 Å². The number of aliphatic hydroxyl groups excluding tert-OH is 3. The van der Waals surface area contributed by atoms with Crippen molar-refractivity contribution in [3.05, 3.63) is 35.5 Å². The molecule has 4 aliphatic rings. The molecule has 4 fully saturated rings. The first-order valence-corrected chi connectivity index (χ1v) is 16.2. The Hall–Kier alpha value is -1.23. The van der Waals surface area contributed by atoms with Crippen LogP contribution in [0.3, 0.4) is 0 Å². The smallest absolute Gasteiger partial charge is 0.141 e. The van der Waals surface area contributed by atoms with E-state index in [1.54, 1.807) is 0 Å². The number of rotatable bonds is 12. The lowest BCUT2D eigenvalue weighted by Gasteiger charge is -2.47. The third-order valence-corrected chi connectivity index (χ3v) is 11.1. The average Bonchev–Trinajstić information content (AvgIpc) is 3.61. The van der Waals surface area contributed by atoms with Crippen molar-refractivity contribution in [2.24, 2.45) is 28.1 Å². The highest BCUT2D eigenvalue weighted by molar-refractivity contribution is 5.88. The molecule has 0 saturated heterocycles. The van der Waals surface area contributed by atoms with Crippen LogP contribution in [-0.4, -0.2) is 39.4 Å². The molecule has 0 unspecified atom stereocenters. The molecule has 3 N–H and O–H groups in total. The minimum Gasteiger partial charge on any atom is -0.393 e. The highest BCUT2D eigenvalue weighted by Crippen LogP contribution is 2.62. The molecule has 4 aliphatic carbocycles. The number of aliphatic hydroxyl groups is 3. The molecule has 0 bridgehead atoms. The average molecular weight is 541 g/mol. The molecule has 4 nitrogen and oxygen atoms in total. The van der Waals surface area contributed by atoms with Crippen molar-refractivity contribution >= 4 is 5.78 Å². The lowest BCUT2D eigenvalue weighted by atomic mass is 9.57. The van der Waals surface area contributed by atoms with E-state index in [1.807, 2.05) is 6.08 Å². The van der Waals surface area contributed by atoms with Gasteiger partial charge in [-0.05, 0) is 93.3 Å². The van der Waals surface area contributed by atoms with Gasteiger partial charge in [0.1, 0.15) is 5.78 Å². The van der Waals surface area contributed by atoms with Gasteiger partial charge < -0.3 is 15.3 Å². The highest BCUT2D eigenvalue weighted by Gasteiger charge is 2.55. The maximum absolute atomic E-state index is 13.0. The summed E-state index contributed by atoms with van der Waals surface area (Å²) in [6.07, 6.45) is 23.0. The summed E-state index contributed by atoms with van der Waals surface area (Å²) in [7, 11) is 0. The van der Waals surface area contributed by atoms with Gasteiger partial charge in [0.25, 0.3) is 0 Å². The second-order valence-electron chi connectivity index (χ2n) is 14.4. The minimum atomic E-state index is -0.667. The highest BCUT2D eigenvalue weighted by atomic mass is 16.3. The van der Waals surface area contributed by atoms with Gasteiger partial charge in [0.15, 0.2) is 0 Å². The summed E-state index contributed by atoms with van der Waals surface area (Å²) in [5.74, 6) is 1.36. The molecule has 4 heteroatoms. The molecule has 0 radical (unpaired) electrons. The number of carbonyl (C=O) groups excluding carboxylic acids is 1. The summed E-state index contributed by atoms with van der Waals surface area (Å²) in [4.78, 5) is 13.0. The van der Waals surface area contributed by atoms with E-state index in [2.05, 4.69) is 45.9 Å². The number of allylic oxidation sites excluding steroid dienone is 4. The molecule has 0 heterocycles. The third kappa shape index (κ3) is 6.99. The summed E-state index contributed by atoms with van der Waals surface area (Å²) in [5.41, 5.74) is 2.35. The lowest BCUT2D eigenvalue weighted by molar-refractivity contribution is -0.127. The second-order valence-corrected chi connectivity index (χ2v) is 14.4. The Bertz CT molecular complexity index is 926. The second kappa shape index (κ2) is 12.7. The van der Waals surface area contributed by atoms with E-state index in [4.69, 9.17) is 0 Å². The van der Waals surface area contributed by atoms with Crippen molar-refractivity contribution in [3.8, 4) is 0 Å². The Morgan fingerprint density at radius 2 is 1.72 bits per heavy atom. The fourth-order valence-corrected chi connectivity index (χ4v) is 8.64. The van der Waals surface area contributed by atoms with Gasteiger partial charge in [-0.25, -0.2) is 0 Å². The Balaban J connectivity index is 1.40. The first-order chi connectivity index (χ1) is 18.5. The van der Waals surface area contributed by atoms with Crippen molar-refractivity contribution in [3.63, 3.8) is 0 Å². The number of fused-ring (bicyclic) bond motifs is 1. The van der Waals surface area contributed by atoms with Crippen LogP contribution in [0.5, 0.6) is 0 Å². The predicted octanol–water partition coefficient (Wildman–Crippen LogP) is 7.61. The summed E-state index contributed by atoms with van der Waals surface area (Å²) >= 11 is 0. The fraction of sp³-hybridized carbons (Fsp3) is 0.800. The van der Waals surface area contributed by atoms with Crippen molar-refractivity contribution in [1.82, 2.24) is 0 Å². The lowest BCUT2D eigenvalue weighted by Crippen LogP contribution is -2.39. The van der Waals surface area contributed by atoms with Crippen LogP contribution < -0.4 is 0 Å². The van der Waals surface area contributed by atoms with E-state index in [9.17, 15) is 20.1 Å². The zero-order valence-corrected chi connectivity index (χ0v) is 25.3. The number of carbonyl (C=O) groups is 1. The Kier molecular flexibility index (Phi) is 10.0. The molecule has 0 aromatic carbocycles. The number of Topliss-reactive ketones (excluding diaryl/α,β-unsaturated/α-hetero) is 1. The monoisotopic (exact) mass is 540 g/mol. The first kappa shape index (κ1) is 30.7. The Morgan fingerprint density at radius 1 is 1.03 bits per heavy atom. The van der Waals surface area contributed by atoms with E-state index in [0.29, 0.717) is 37.5 Å². The van der Waals surface area contributed by atoms with E-state index >= 15 is 0 Å². The molecule has 6 atom stereocenters. The maximum atomic E-state index is 13.0. The topological polar surface area (TPSA) is 77.8 Å². The fourth-order valence-electron chi connectivity index (χ4n) is 8.64. The SMILES string of the molecule is CCCCCCCC(=O)C1([C@H](O)C=CC(C)(C)[C@H]2CC[C@H]3C(=CC=C4C[C@@H](O)C[C@H](O)C4)CCC[C@]23C)CC1. The van der Waals surface area contributed by atoms with Crippen LogP contribution in [0.2, 0.25) is 0 Å². The quantitative estimate of drug-likeness (QED) is 0.176. The van der Waals surface area contributed by atoms with Gasteiger partial charge in [0.2, 0.25) is 0 Å². The normalized spacial score (nSPS) is 34.3. The van der Waals surface area contributed by atoms with Gasteiger partial charge in [0.05, 0.1) is 23.7 Å². The Morgan fingerprint density at radius 3 is 2.38 bits per heavy atom. The third-order valence-electron chi connectivity index (χ3n) is 11.1. The van der Waals surface area contributed by atoms with Crippen LogP contribution >= 0.6 is 0 Å². The van der Waals surface area contributed by atoms with Crippen LogP contribution in [0.1, 0.15) is 130 Å². The predicted molar refractivity (Wildman–Crippen MR) is 159 cm³/mol. The van der Waals surface area contributed by atoms with E-state index in [1.165, 1.54) is 50.5 Å². The van der Waals surface area contributed by atoms with Gasteiger partial charge in [-0.15, -0.1) is 0 Å². The summed E-state index contributed by atoms with van der Waals surface area (Å²) < 4.78 is 0. The molecule has 4 rings (SSSR count). The summed E-state index contributed by atoms with van der Waals surface area (Å²) in [6.45, 7) is 9.35. The maximum Gasteiger partial charge on any atom is 0.141 e. The molecule has 0 amide bonds. The molecule has 39 heavy (non-hydrogen) atoms. The van der Waals surface area contributed by atoms with Gasteiger partial charge in [-0.3, -0.25) is 4.79 Å². The van der Waals surface area contributed by atoms with Crippen LogP contribution in [0.15, 0.2) is 35.5 Å². The van der Waals surface area contributed by atoms with Gasteiger partial charge in [-0.1, -0.05) is 88.8 Å². The largest absolute Gasteiger partial charge is 0.393 e. The van der Waals surface area contributed by atoms with Gasteiger partial charge in [-0.2, -0.15) is 0 Å². The molecule has 4 saturated carbocycles. The van der Waals surface area contributed by atoms with Crippen molar-refractivity contribution in [2.45, 2.75) is 149 Å². The molecular formula is C35H56O4. The zero-order valence-electron chi connectivity index (χ0n) is 25.3. The van der Waals surface area contributed by atoms with E-state index in [-0.39, 0.29) is 16.6 Å². The van der Waals surface area contributed by atoms with Crippen LogP contribution in [0.25, 0.3) is 0 Å². The van der Waals surface area contributed by atoms with Crippen molar-refractivity contribution in [1.29, 1.82) is 0 Å². The molecule has 220 valence electrons. The molecule has 0 aromatic rings. The minimum absolute atomic E-state index is 0.0533. The molecule has 0 aliphatic heterocycles. The van der Waals surface area contributed by atoms with E-state index in [0.717, 1.165) is 37.7 Å². The molecular weight excluding hydrogens is 484 g/mol. The van der Waals surface area contributed by atoms with Crippen LogP contribution in [-0.2, 0) is 4.79 Å².